The van der Waals surface area contributed by atoms with Gasteiger partial charge < -0.3 is 29.6 Å². The number of piperazine rings is 1. The Kier molecular flexibility index (Phi) is 8.50. The quantitative estimate of drug-likeness (QED) is 0.299. The summed E-state index contributed by atoms with van der Waals surface area (Å²) in [6.45, 7) is 0.368. The van der Waals surface area contributed by atoms with Gasteiger partial charge in [-0.05, 0) is 31.2 Å². The number of aryl methyl sites for hydroxylation is 1. The number of anilines is 3. The lowest BCUT2D eigenvalue weighted by Crippen LogP contribution is -2.47. The van der Waals surface area contributed by atoms with Crippen LogP contribution in [0.5, 0.6) is 0 Å². The van der Waals surface area contributed by atoms with Gasteiger partial charge >= 0.3 is 12.1 Å². The fraction of sp³-hybridized carbons (Fsp3) is 0.379. The molecule has 11 nitrogen and oxygen atoms in total. The van der Waals surface area contributed by atoms with Gasteiger partial charge in [0.05, 0.1) is 42.5 Å². The van der Waals surface area contributed by atoms with Crippen LogP contribution < -0.4 is 25.9 Å². The third kappa shape index (κ3) is 5.42. The van der Waals surface area contributed by atoms with Crippen LogP contribution in [0.15, 0.2) is 35.3 Å². The summed E-state index contributed by atoms with van der Waals surface area (Å²) in [7, 11) is 1.04. The van der Waals surface area contributed by atoms with Gasteiger partial charge in [-0.15, -0.1) is 0 Å². The summed E-state index contributed by atoms with van der Waals surface area (Å²) >= 11 is 0. The number of ether oxygens (including phenoxy) is 2. The number of alkyl halides is 1. The second kappa shape index (κ2) is 12.1. The zero-order chi connectivity index (χ0) is 31.9. The Morgan fingerprint density at radius 3 is 2.36 bits per heavy atom. The van der Waals surface area contributed by atoms with Crippen LogP contribution in [0.4, 0.5) is 39.4 Å². The molecule has 234 valence electrons. The van der Waals surface area contributed by atoms with E-state index in [0.717, 1.165) is 30.0 Å². The average Bonchev–Trinajstić information content (AvgIpc) is 3.39. The number of carbonyl (C=O) groups excluding carboxylic acids is 3. The summed E-state index contributed by atoms with van der Waals surface area (Å²) in [6, 6.07) is 3.95. The number of amides is 1. The molecule has 5 rings (SSSR count). The van der Waals surface area contributed by atoms with Gasteiger partial charge in [-0.25, -0.2) is 27.2 Å². The van der Waals surface area contributed by atoms with Crippen molar-refractivity contribution in [2.75, 3.05) is 61.2 Å². The lowest BCUT2D eigenvalue weighted by atomic mass is 10.1. The number of hydrogen-bond acceptors (Lipinski definition) is 9. The van der Waals surface area contributed by atoms with E-state index in [1.165, 1.54) is 28.9 Å². The second-order valence-corrected chi connectivity index (χ2v) is 10.4. The van der Waals surface area contributed by atoms with Crippen LogP contribution in [0.3, 0.4) is 0 Å². The van der Waals surface area contributed by atoms with Crippen LogP contribution in [-0.2, 0) is 20.8 Å². The van der Waals surface area contributed by atoms with E-state index < -0.39 is 76.9 Å². The van der Waals surface area contributed by atoms with Crippen molar-refractivity contribution < 1.29 is 41.4 Å². The highest BCUT2D eigenvalue weighted by atomic mass is 19.1. The first-order chi connectivity index (χ1) is 21.0. The van der Waals surface area contributed by atoms with Gasteiger partial charge in [0.2, 0.25) is 5.43 Å². The molecule has 0 bridgehead atoms. The van der Waals surface area contributed by atoms with E-state index in [4.69, 9.17) is 10.5 Å². The number of hydrogen-bond donors (Lipinski definition) is 1. The Balaban J connectivity index is 1.37. The summed E-state index contributed by atoms with van der Waals surface area (Å²) in [6.07, 6.45) is -0.635. The lowest BCUT2D eigenvalue weighted by molar-refractivity contribution is -0.120. The summed E-state index contributed by atoms with van der Waals surface area (Å²) in [4.78, 5) is 53.1. The van der Waals surface area contributed by atoms with E-state index in [2.05, 4.69) is 4.74 Å². The number of Topliss-reactive ketones (excluding diaryl/α,β-unsaturated/α-hetero) is 1. The first-order valence-electron chi connectivity index (χ1n) is 13.7. The summed E-state index contributed by atoms with van der Waals surface area (Å²) < 4.78 is 70.6. The van der Waals surface area contributed by atoms with E-state index in [1.807, 2.05) is 0 Å². The first-order valence-corrected chi connectivity index (χ1v) is 13.7. The number of nitrogens with two attached hydrogens (primary N) is 1. The number of methoxy groups -OCH3 is 1. The third-order valence-corrected chi connectivity index (χ3v) is 7.84. The number of pyridine rings is 1. The van der Waals surface area contributed by atoms with Crippen molar-refractivity contribution >= 4 is 45.8 Å². The fourth-order valence-corrected chi connectivity index (χ4v) is 5.52. The molecule has 2 aliphatic heterocycles. The number of carbonyl (C=O) groups is 3. The molecular weight excluding hydrogens is 590 g/mol. The van der Waals surface area contributed by atoms with Crippen molar-refractivity contribution in [3.63, 3.8) is 0 Å². The van der Waals surface area contributed by atoms with Gasteiger partial charge in [-0.2, -0.15) is 0 Å². The molecular formula is C29H29F4N5O6. The van der Waals surface area contributed by atoms with Crippen molar-refractivity contribution in [3.05, 3.63) is 63.7 Å². The molecule has 1 aromatic heterocycles. The van der Waals surface area contributed by atoms with Crippen LogP contribution in [0.1, 0.15) is 17.3 Å². The topological polar surface area (TPSA) is 127 Å². The molecule has 2 fully saturated rings. The SMILES string of the molecule is COC(=O)c1cn(CCF)c2c(F)c(N3CCN(c4ccc(N5CC([C@H](N)C(C)=O)OC5=O)cc4F)CC3)c(F)cc2c1=O. The molecule has 0 radical (unpaired) electrons. The van der Waals surface area contributed by atoms with Crippen molar-refractivity contribution in [3.8, 4) is 0 Å². The second-order valence-electron chi connectivity index (χ2n) is 10.4. The standard InChI is InChI=1S/C29H29F4N5O6/c1-15(39)24(34)22-14-38(29(42)44-22)16-3-4-21(19(31)11-16)35-7-9-36(10-8-35)26-20(32)12-17-25(23(26)33)37(6-5-30)13-18(27(17)40)28(41)43-2/h3-4,11-13,22,24H,5-10,14,34H2,1-2H3/t22?,24-/m1/s1. The molecule has 15 heteroatoms. The van der Waals surface area contributed by atoms with E-state index in [-0.39, 0.29) is 55.4 Å². The smallest absolute Gasteiger partial charge is 0.414 e. The largest absolute Gasteiger partial charge is 0.465 e. The molecule has 2 N–H and O–H groups in total. The van der Waals surface area contributed by atoms with Gasteiger partial charge in [0.15, 0.2) is 5.82 Å². The van der Waals surface area contributed by atoms with Crippen molar-refractivity contribution in [1.82, 2.24) is 4.57 Å². The molecule has 1 amide bonds. The number of aromatic nitrogens is 1. The molecule has 3 heterocycles. The highest BCUT2D eigenvalue weighted by Crippen LogP contribution is 2.33. The molecule has 1 unspecified atom stereocenters. The van der Waals surface area contributed by atoms with Gasteiger partial charge in [-0.1, -0.05) is 0 Å². The highest BCUT2D eigenvalue weighted by Gasteiger charge is 2.38. The van der Waals surface area contributed by atoms with Crippen LogP contribution in [0.2, 0.25) is 0 Å². The molecule has 2 atom stereocenters. The zero-order valence-electron chi connectivity index (χ0n) is 23.8. The van der Waals surface area contributed by atoms with E-state index in [9.17, 15) is 23.6 Å². The summed E-state index contributed by atoms with van der Waals surface area (Å²) in [5, 5.41) is -0.433. The number of fused-ring (bicyclic) bond motifs is 1. The minimum atomic E-state index is -1.09. The van der Waals surface area contributed by atoms with Gasteiger partial charge in [0.25, 0.3) is 0 Å². The average molecular weight is 620 g/mol. The Morgan fingerprint density at radius 2 is 1.75 bits per heavy atom. The third-order valence-electron chi connectivity index (χ3n) is 7.84. The Bertz CT molecular complexity index is 1710. The van der Waals surface area contributed by atoms with E-state index >= 15 is 13.2 Å². The number of nitrogens with zero attached hydrogens (tertiary/aromatic N) is 4. The van der Waals surface area contributed by atoms with Crippen LogP contribution in [0.25, 0.3) is 10.9 Å². The molecule has 2 saturated heterocycles. The normalized spacial score (nSPS) is 17.7. The number of esters is 1. The predicted octanol–water partition coefficient (Wildman–Crippen LogP) is 2.74. The number of benzene rings is 2. The zero-order valence-corrected chi connectivity index (χ0v) is 23.8. The van der Waals surface area contributed by atoms with Gasteiger partial charge in [0.1, 0.15) is 47.5 Å². The van der Waals surface area contributed by atoms with E-state index in [0.29, 0.717) is 0 Å². The maximum atomic E-state index is 15.9. The van der Waals surface area contributed by atoms with Crippen LogP contribution in [-0.4, -0.2) is 81.1 Å². The number of ketones is 1. The maximum Gasteiger partial charge on any atom is 0.414 e. The minimum absolute atomic E-state index is 0.0247. The predicted molar refractivity (Wildman–Crippen MR) is 153 cm³/mol. The number of cyclic esters (lactones) is 1. The summed E-state index contributed by atoms with van der Waals surface area (Å²) in [5.74, 6) is -4.16. The van der Waals surface area contributed by atoms with Crippen LogP contribution >= 0.6 is 0 Å². The molecule has 44 heavy (non-hydrogen) atoms. The molecule has 3 aromatic rings. The molecule has 2 aromatic carbocycles. The lowest BCUT2D eigenvalue weighted by Gasteiger charge is -2.38. The monoisotopic (exact) mass is 619 g/mol. The van der Waals surface area contributed by atoms with Crippen molar-refractivity contribution in [1.29, 1.82) is 0 Å². The molecule has 0 spiro atoms. The number of halogens is 4. The molecule has 0 saturated carbocycles. The Hall–Kier alpha value is -4.66. The number of rotatable bonds is 8. The Morgan fingerprint density at radius 1 is 1.07 bits per heavy atom. The van der Waals surface area contributed by atoms with Crippen molar-refractivity contribution in [2.24, 2.45) is 5.73 Å². The first kappa shape index (κ1) is 30.8. The summed E-state index contributed by atoms with van der Waals surface area (Å²) in [5.41, 5.74) is 3.98. The Labute approximate surface area is 248 Å². The minimum Gasteiger partial charge on any atom is -0.465 e. The van der Waals surface area contributed by atoms with Gasteiger partial charge in [-0.3, -0.25) is 14.5 Å². The highest BCUT2D eigenvalue weighted by molar-refractivity contribution is 5.95. The van der Waals surface area contributed by atoms with Crippen molar-refractivity contribution in [2.45, 2.75) is 25.6 Å². The fourth-order valence-electron chi connectivity index (χ4n) is 5.52. The molecule has 2 aliphatic rings. The maximum absolute atomic E-state index is 15.9. The van der Waals surface area contributed by atoms with E-state index in [1.54, 1.807) is 4.90 Å². The molecule has 0 aliphatic carbocycles. The van der Waals surface area contributed by atoms with Crippen LogP contribution in [0, 0.1) is 17.5 Å². The van der Waals surface area contributed by atoms with Gasteiger partial charge in [0, 0.05) is 32.4 Å².